The molecule has 60 valence electrons. The number of hydrogen-bond acceptors (Lipinski definition) is 2. The highest BCUT2D eigenvalue weighted by molar-refractivity contribution is 5.66. The van der Waals surface area contributed by atoms with Gasteiger partial charge in [-0.1, -0.05) is 6.92 Å². The quantitative estimate of drug-likeness (QED) is 0.603. The van der Waals surface area contributed by atoms with Gasteiger partial charge in [-0.05, 0) is 19.9 Å². The molecule has 0 saturated heterocycles. The number of carbonyl (C=O) groups is 1. The van der Waals surface area contributed by atoms with Crippen LogP contribution < -0.4 is 5.32 Å². The maximum absolute atomic E-state index is 10.1. The predicted octanol–water partition coefficient (Wildman–Crippen LogP) is 0.849. The van der Waals surface area contributed by atoms with E-state index in [1.165, 1.54) is 0 Å². The highest BCUT2D eigenvalue weighted by atomic mass is 16.4. The van der Waals surface area contributed by atoms with Gasteiger partial charge in [-0.3, -0.25) is 4.79 Å². The number of rotatable bonds is 5. The monoisotopic (exact) mass is 145 g/mol. The van der Waals surface area contributed by atoms with Crippen LogP contribution in [-0.2, 0) is 4.79 Å². The van der Waals surface area contributed by atoms with Gasteiger partial charge in [-0.2, -0.15) is 0 Å². The lowest BCUT2D eigenvalue weighted by molar-refractivity contribution is -0.137. The average molecular weight is 145 g/mol. The Morgan fingerprint density at radius 2 is 2.30 bits per heavy atom. The molecule has 0 amide bonds. The van der Waals surface area contributed by atoms with Gasteiger partial charge in [0.1, 0.15) is 0 Å². The summed E-state index contributed by atoms with van der Waals surface area (Å²) >= 11 is 0. The van der Waals surface area contributed by atoms with E-state index in [9.17, 15) is 4.79 Å². The van der Waals surface area contributed by atoms with Gasteiger partial charge in [0, 0.05) is 12.5 Å². The second kappa shape index (κ2) is 5.23. The molecule has 2 N–H and O–H groups in total. The SMILES string of the molecule is CCNC(C)CCC(=O)O. The summed E-state index contributed by atoms with van der Waals surface area (Å²) in [6.07, 6.45) is 0.970. The topological polar surface area (TPSA) is 49.3 Å². The number of hydrogen-bond donors (Lipinski definition) is 2. The average Bonchev–Trinajstić information content (AvgIpc) is 1.85. The van der Waals surface area contributed by atoms with E-state index in [-0.39, 0.29) is 6.42 Å². The molecular weight excluding hydrogens is 130 g/mol. The maximum Gasteiger partial charge on any atom is 0.303 e. The van der Waals surface area contributed by atoms with Crippen LogP contribution >= 0.6 is 0 Å². The summed E-state index contributed by atoms with van der Waals surface area (Å²) in [4.78, 5) is 10.1. The van der Waals surface area contributed by atoms with E-state index in [1.54, 1.807) is 0 Å². The zero-order valence-electron chi connectivity index (χ0n) is 6.55. The van der Waals surface area contributed by atoms with E-state index in [4.69, 9.17) is 5.11 Å². The molecule has 0 bridgehead atoms. The van der Waals surface area contributed by atoms with Crippen LogP contribution in [-0.4, -0.2) is 23.7 Å². The van der Waals surface area contributed by atoms with Crippen molar-refractivity contribution in [2.45, 2.75) is 32.7 Å². The molecule has 3 heteroatoms. The first-order valence-corrected chi connectivity index (χ1v) is 3.62. The predicted molar refractivity (Wildman–Crippen MR) is 40.0 cm³/mol. The van der Waals surface area contributed by atoms with Gasteiger partial charge in [0.25, 0.3) is 0 Å². The molecule has 3 nitrogen and oxygen atoms in total. The third-order valence-electron chi connectivity index (χ3n) is 1.34. The van der Waals surface area contributed by atoms with E-state index in [2.05, 4.69) is 5.32 Å². The normalized spacial score (nSPS) is 13.0. The zero-order chi connectivity index (χ0) is 7.98. The largest absolute Gasteiger partial charge is 0.481 e. The Kier molecular flexibility index (Phi) is 4.94. The molecule has 10 heavy (non-hydrogen) atoms. The fourth-order valence-corrected chi connectivity index (χ4v) is 0.791. The molecule has 0 rings (SSSR count). The zero-order valence-corrected chi connectivity index (χ0v) is 6.55. The fraction of sp³-hybridized carbons (Fsp3) is 0.857. The van der Waals surface area contributed by atoms with Crippen LogP contribution in [0.2, 0.25) is 0 Å². The molecule has 0 fully saturated rings. The van der Waals surface area contributed by atoms with Crippen molar-refractivity contribution < 1.29 is 9.90 Å². The Morgan fingerprint density at radius 3 is 2.70 bits per heavy atom. The summed E-state index contributed by atoms with van der Waals surface area (Å²) in [5.74, 6) is -0.718. The molecule has 1 unspecified atom stereocenters. The van der Waals surface area contributed by atoms with Crippen molar-refractivity contribution in [3.63, 3.8) is 0 Å². The molecule has 0 aliphatic carbocycles. The van der Waals surface area contributed by atoms with Crippen molar-refractivity contribution in [1.29, 1.82) is 0 Å². The van der Waals surface area contributed by atoms with E-state index >= 15 is 0 Å². The van der Waals surface area contributed by atoms with Crippen LogP contribution in [0.4, 0.5) is 0 Å². The molecule has 0 aromatic carbocycles. The van der Waals surface area contributed by atoms with E-state index in [0.717, 1.165) is 6.54 Å². The number of aliphatic carboxylic acids is 1. The van der Waals surface area contributed by atoms with Gasteiger partial charge >= 0.3 is 5.97 Å². The first-order valence-electron chi connectivity index (χ1n) is 3.62. The Morgan fingerprint density at radius 1 is 1.70 bits per heavy atom. The number of carboxylic acids is 1. The van der Waals surface area contributed by atoms with Crippen LogP contribution in [0.15, 0.2) is 0 Å². The fourth-order valence-electron chi connectivity index (χ4n) is 0.791. The second-order valence-corrected chi connectivity index (χ2v) is 2.39. The molecular formula is C7H15NO2. The summed E-state index contributed by atoms with van der Waals surface area (Å²) in [7, 11) is 0. The van der Waals surface area contributed by atoms with Gasteiger partial charge in [-0.25, -0.2) is 0 Å². The van der Waals surface area contributed by atoms with Crippen molar-refractivity contribution in [2.24, 2.45) is 0 Å². The molecule has 0 aromatic heterocycles. The lowest BCUT2D eigenvalue weighted by Gasteiger charge is -2.09. The van der Waals surface area contributed by atoms with Gasteiger partial charge in [0.05, 0.1) is 0 Å². The lowest BCUT2D eigenvalue weighted by atomic mass is 10.2. The number of nitrogens with one attached hydrogen (secondary N) is 1. The van der Waals surface area contributed by atoms with Crippen molar-refractivity contribution in [3.05, 3.63) is 0 Å². The van der Waals surface area contributed by atoms with Crippen LogP contribution in [0.25, 0.3) is 0 Å². The Labute approximate surface area is 61.4 Å². The molecule has 0 heterocycles. The minimum absolute atomic E-state index is 0.258. The van der Waals surface area contributed by atoms with E-state index in [0.29, 0.717) is 12.5 Å². The van der Waals surface area contributed by atoms with E-state index in [1.807, 2.05) is 13.8 Å². The second-order valence-electron chi connectivity index (χ2n) is 2.39. The molecule has 0 aliphatic heterocycles. The maximum atomic E-state index is 10.1. The minimum Gasteiger partial charge on any atom is -0.481 e. The Hall–Kier alpha value is -0.570. The van der Waals surface area contributed by atoms with Crippen LogP contribution in [0.5, 0.6) is 0 Å². The third-order valence-corrected chi connectivity index (χ3v) is 1.34. The number of carboxylic acid groups (broad SMARTS) is 1. The first kappa shape index (κ1) is 9.43. The van der Waals surface area contributed by atoms with Crippen molar-refractivity contribution in [3.8, 4) is 0 Å². The van der Waals surface area contributed by atoms with Crippen molar-refractivity contribution in [2.75, 3.05) is 6.54 Å². The highest BCUT2D eigenvalue weighted by Gasteiger charge is 2.02. The smallest absolute Gasteiger partial charge is 0.303 e. The molecule has 0 spiro atoms. The Balaban J connectivity index is 3.21. The highest BCUT2D eigenvalue weighted by Crippen LogP contribution is 1.94. The molecule has 0 radical (unpaired) electrons. The summed E-state index contributed by atoms with van der Waals surface area (Å²) in [5.41, 5.74) is 0. The van der Waals surface area contributed by atoms with Crippen LogP contribution in [0.1, 0.15) is 26.7 Å². The summed E-state index contributed by atoms with van der Waals surface area (Å²) in [6.45, 7) is 4.91. The lowest BCUT2D eigenvalue weighted by Crippen LogP contribution is -2.26. The van der Waals surface area contributed by atoms with Gasteiger partial charge in [0.15, 0.2) is 0 Å². The van der Waals surface area contributed by atoms with Crippen molar-refractivity contribution >= 4 is 5.97 Å². The standard InChI is InChI=1S/C7H15NO2/c1-3-8-6(2)4-5-7(9)10/h6,8H,3-5H2,1-2H3,(H,9,10). The van der Waals surface area contributed by atoms with E-state index < -0.39 is 5.97 Å². The van der Waals surface area contributed by atoms with Gasteiger partial charge in [-0.15, -0.1) is 0 Å². The molecule has 0 aromatic rings. The van der Waals surface area contributed by atoms with Crippen LogP contribution in [0, 0.1) is 0 Å². The molecule has 1 atom stereocenters. The third kappa shape index (κ3) is 5.56. The first-order chi connectivity index (χ1) is 4.66. The Bertz CT molecular complexity index is 104. The van der Waals surface area contributed by atoms with Gasteiger partial charge < -0.3 is 10.4 Å². The molecule has 0 aliphatic rings. The van der Waals surface area contributed by atoms with Gasteiger partial charge in [0.2, 0.25) is 0 Å². The minimum atomic E-state index is -0.718. The molecule has 0 saturated carbocycles. The van der Waals surface area contributed by atoms with Crippen molar-refractivity contribution in [1.82, 2.24) is 5.32 Å². The van der Waals surface area contributed by atoms with Crippen LogP contribution in [0.3, 0.4) is 0 Å². The summed E-state index contributed by atoms with van der Waals surface area (Å²) in [5, 5.41) is 11.4. The summed E-state index contributed by atoms with van der Waals surface area (Å²) in [6, 6.07) is 0.320. The summed E-state index contributed by atoms with van der Waals surface area (Å²) < 4.78 is 0.